The van der Waals surface area contributed by atoms with Gasteiger partial charge in [0, 0.05) is 62.4 Å². The fourth-order valence-corrected chi connectivity index (χ4v) is 5.49. The second-order valence-corrected chi connectivity index (χ2v) is 11.3. The number of imidazole rings is 1. The topological polar surface area (TPSA) is 113 Å². The molecule has 6 rings (SSSR count). The molecule has 1 aliphatic heterocycles. The number of methoxy groups -OCH3 is 2. The molecule has 2 aromatic heterocycles. The monoisotopic (exact) mass is 608 g/mol. The van der Waals surface area contributed by atoms with E-state index in [1.807, 2.05) is 42.5 Å². The maximum atomic E-state index is 6.20. The van der Waals surface area contributed by atoms with E-state index in [1.165, 1.54) is 0 Å². The molecule has 3 aromatic carbocycles. The van der Waals surface area contributed by atoms with Crippen molar-refractivity contribution in [2.45, 2.75) is 13.8 Å². The highest BCUT2D eigenvalue weighted by Crippen LogP contribution is 2.41. The van der Waals surface area contributed by atoms with Crippen LogP contribution in [0.5, 0.6) is 17.2 Å². The predicted molar refractivity (Wildman–Crippen MR) is 179 cm³/mol. The number of para-hydroxylation sites is 3. The van der Waals surface area contributed by atoms with Crippen LogP contribution in [-0.2, 0) is 0 Å². The van der Waals surface area contributed by atoms with Gasteiger partial charge in [-0.05, 0) is 44.2 Å². The molecule has 0 saturated carbocycles. The van der Waals surface area contributed by atoms with Crippen molar-refractivity contribution < 1.29 is 14.2 Å². The van der Waals surface area contributed by atoms with Crippen molar-refractivity contribution in [1.29, 1.82) is 0 Å². The van der Waals surface area contributed by atoms with Gasteiger partial charge in [-0.3, -0.25) is 4.90 Å². The molecule has 45 heavy (non-hydrogen) atoms. The first kappa shape index (κ1) is 30.2. The third-order valence-corrected chi connectivity index (χ3v) is 8.12. The summed E-state index contributed by atoms with van der Waals surface area (Å²) in [5.74, 6) is 3.38. The fourth-order valence-electron chi connectivity index (χ4n) is 5.49. The number of ether oxygens (including phenoxy) is 3. The van der Waals surface area contributed by atoms with E-state index in [1.54, 1.807) is 20.4 Å². The summed E-state index contributed by atoms with van der Waals surface area (Å²) in [6, 6.07) is 17.9. The van der Waals surface area contributed by atoms with E-state index in [4.69, 9.17) is 24.2 Å². The van der Waals surface area contributed by atoms with Crippen LogP contribution >= 0.6 is 0 Å². The van der Waals surface area contributed by atoms with Crippen LogP contribution in [-0.4, -0.2) is 90.3 Å². The zero-order valence-electron chi connectivity index (χ0n) is 26.5. The molecule has 0 unspecified atom stereocenters. The molecule has 0 bridgehead atoms. The molecule has 0 aliphatic carbocycles. The number of likely N-dealkylation sites (N-methyl/N-ethyl adjacent to an activating group) is 1. The SMILES string of the molecule is COc1cc(Nc2ncc(-c3nc4ccccc4[nH]3)c(Nc3c(C)cccc3C)n2)cc(OC)c1OCCN1CCN(C)CC1. The van der Waals surface area contributed by atoms with Gasteiger partial charge in [-0.25, -0.2) is 9.97 Å². The van der Waals surface area contributed by atoms with E-state index in [9.17, 15) is 0 Å². The Morgan fingerprint density at radius 1 is 0.867 bits per heavy atom. The van der Waals surface area contributed by atoms with E-state index in [-0.39, 0.29) is 0 Å². The molecule has 5 aromatic rings. The molecule has 3 N–H and O–H groups in total. The maximum absolute atomic E-state index is 6.20. The van der Waals surface area contributed by atoms with Crippen molar-refractivity contribution in [1.82, 2.24) is 29.7 Å². The molecule has 3 heterocycles. The van der Waals surface area contributed by atoms with Gasteiger partial charge in [0.25, 0.3) is 0 Å². The van der Waals surface area contributed by atoms with Gasteiger partial charge in [0.05, 0.1) is 30.8 Å². The van der Waals surface area contributed by atoms with Crippen LogP contribution in [0.25, 0.3) is 22.4 Å². The molecule has 11 heteroatoms. The summed E-state index contributed by atoms with van der Waals surface area (Å²) >= 11 is 0. The van der Waals surface area contributed by atoms with Crippen LogP contribution in [0, 0.1) is 13.8 Å². The number of benzene rings is 3. The molecule has 11 nitrogen and oxygen atoms in total. The lowest BCUT2D eigenvalue weighted by molar-refractivity contribution is 0.131. The van der Waals surface area contributed by atoms with Gasteiger partial charge in [-0.15, -0.1) is 0 Å². The third kappa shape index (κ3) is 6.79. The molecule has 1 fully saturated rings. The minimum absolute atomic E-state index is 0.399. The second kappa shape index (κ2) is 13.4. The number of nitrogens with zero attached hydrogens (tertiary/aromatic N) is 5. The van der Waals surface area contributed by atoms with E-state index in [2.05, 4.69) is 63.4 Å². The van der Waals surface area contributed by atoms with Crippen molar-refractivity contribution in [3.8, 4) is 28.6 Å². The second-order valence-electron chi connectivity index (χ2n) is 11.3. The van der Waals surface area contributed by atoms with Crippen LogP contribution < -0.4 is 24.8 Å². The summed E-state index contributed by atoms with van der Waals surface area (Å²) in [7, 11) is 5.40. The van der Waals surface area contributed by atoms with E-state index < -0.39 is 0 Å². The molecule has 1 saturated heterocycles. The first-order chi connectivity index (χ1) is 21.9. The summed E-state index contributed by atoms with van der Waals surface area (Å²) in [6.07, 6.45) is 1.77. The molecular formula is C34H40N8O3. The Bertz CT molecular complexity index is 1700. The van der Waals surface area contributed by atoms with Crippen LogP contribution in [0.1, 0.15) is 11.1 Å². The minimum Gasteiger partial charge on any atom is -0.493 e. The number of nitrogens with one attached hydrogen (secondary N) is 3. The van der Waals surface area contributed by atoms with Crippen molar-refractivity contribution in [2.24, 2.45) is 0 Å². The normalized spacial score (nSPS) is 14.0. The lowest BCUT2D eigenvalue weighted by Crippen LogP contribution is -2.45. The van der Waals surface area contributed by atoms with Gasteiger partial charge in [0.15, 0.2) is 11.5 Å². The first-order valence-electron chi connectivity index (χ1n) is 15.1. The molecule has 234 valence electrons. The van der Waals surface area contributed by atoms with Gasteiger partial charge in [-0.1, -0.05) is 30.3 Å². The molecular weight excluding hydrogens is 568 g/mol. The Hall–Kier alpha value is -4.87. The highest BCUT2D eigenvalue weighted by molar-refractivity contribution is 5.84. The van der Waals surface area contributed by atoms with Gasteiger partial charge in [0.2, 0.25) is 11.7 Å². The Balaban J connectivity index is 1.28. The zero-order chi connectivity index (χ0) is 31.3. The Morgan fingerprint density at radius 2 is 1.58 bits per heavy atom. The number of hydrogen-bond donors (Lipinski definition) is 3. The number of anilines is 4. The summed E-state index contributed by atoms with van der Waals surface area (Å²) in [5, 5.41) is 6.89. The molecule has 0 spiro atoms. The van der Waals surface area contributed by atoms with Crippen molar-refractivity contribution in [2.75, 3.05) is 71.2 Å². The molecule has 0 atom stereocenters. The lowest BCUT2D eigenvalue weighted by Gasteiger charge is -2.32. The average molecular weight is 609 g/mol. The van der Waals surface area contributed by atoms with Crippen LogP contribution in [0.15, 0.2) is 60.8 Å². The first-order valence-corrected chi connectivity index (χ1v) is 15.1. The number of H-pyrrole nitrogens is 1. The largest absolute Gasteiger partial charge is 0.493 e. The molecule has 0 radical (unpaired) electrons. The number of aromatic nitrogens is 4. The number of fused-ring (bicyclic) bond motifs is 1. The van der Waals surface area contributed by atoms with Gasteiger partial charge < -0.3 is 34.7 Å². The molecule has 0 amide bonds. The van der Waals surface area contributed by atoms with E-state index >= 15 is 0 Å². The number of hydrogen-bond acceptors (Lipinski definition) is 10. The number of rotatable bonds is 11. The lowest BCUT2D eigenvalue weighted by atomic mass is 10.1. The quantitative estimate of drug-likeness (QED) is 0.171. The van der Waals surface area contributed by atoms with Gasteiger partial charge in [-0.2, -0.15) is 4.98 Å². The number of aromatic amines is 1. The zero-order valence-corrected chi connectivity index (χ0v) is 26.5. The third-order valence-electron chi connectivity index (χ3n) is 8.12. The minimum atomic E-state index is 0.399. The van der Waals surface area contributed by atoms with Crippen molar-refractivity contribution in [3.05, 3.63) is 71.9 Å². The van der Waals surface area contributed by atoms with Gasteiger partial charge in [0.1, 0.15) is 18.2 Å². The summed E-state index contributed by atoms with van der Waals surface area (Å²) in [5.41, 5.74) is 6.47. The van der Waals surface area contributed by atoms with Crippen molar-refractivity contribution >= 4 is 34.2 Å². The predicted octanol–water partition coefficient (Wildman–Crippen LogP) is 5.77. The van der Waals surface area contributed by atoms with E-state index in [0.29, 0.717) is 47.1 Å². The Labute approximate surface area is 263 Å². The number of piperazine rings is 1. The maximum Gasteiger partial charge on any atom is 0.229 e. The summed E-state index contributed by atoms with van der Waals surface area (Å²) in [4.78, 5) is 22.5. The highest BCUT2D eigenvalue weighted by atomic mass is 16.5. The summed E-state index contributed by atoms with van der Waals surface area (Å²) in [6.45, 7) is 9.71. The van der Waals surface area contributed by atoms with Crippen LogP contribution in [0.4, 0.5) is 23.1 Å². The van der Waals surface area contributed by atoms with Crippen LogP contribution in [0.3, 0.4) is 0 Å². The summed E-state index contributed by atoms with van der Waals surface area (Å²) < 4.78 is 17.7. The van der Waals surface area contributed by atoms with Crippen molar-refractivity contribution in [3.63, 3.8) is 0 Å². The van der Waals surface area contributed by atoms with Gasteiger partial charge >= 0.3 is 0 Å². The Morgan fingerprint density at radius 3 is 2.27 bits per heavy atom. The molecule has 1 aliphatic rings. The van der Waals surface area contributed by atoms with Crippen LogP contribution in [0.2, 0.25) is 0 Å². The Kier molecular flexibility index (Phi) is 8.99. The highest BCUT2D eigenvalue weighted by Gasteiger charge is 2.19. The fraction of sp³-hybridized carbons (Fsp3) is 0.324. The smallest absolute Gasteiger partial charge is 0.229 e. The number of aryl methyl sites for hydroxylation is 2. The standard InChI is InChI=1S/C34H40N8O3/c1-22-9-8-10-23(2)30(22)39-33-25(32-37-26-11-6-7-12-27(26)38-32)21-35-34(40-33)36-24-19-28(43-4)31(29(20-24)44-5)45-18-17-42-15-13-41(3)14-16-42/h6-12,19-21H,13-18H2,1-5H3,(H,37,38)(H2,35,36,39,40). The average Bonchev–Trinajstić information content (AvgIpc) is 3.48. The van der Waals surface area contributed by atoms with E-state index in [0.717, 1.165) is 66.1 Å².